The van der Waals surface area contributed by atoms with Crippen LogP contribution in [0.3, 0.4) is 0 Å². The van der Waals surface area contributed by atoms with Crippen LogP contribution in [0, 0.1) is 17.6 Å². The summed E-state index contributed by atoms with van der Waals surface area (Å²) in [5.41, 5.74) is -1.25. The fourth-order valence-electron chi connectivity index (χ4n) is 4.16. The minimum absolute atomic E-state index is 0.0997. The zero-order valence-corrected chi connectivity index (χ0v) is 24.2. The standard InChI is InChI=1S/C26H16Cl5F4N3O3/c1-38(25(41)22(34)35)21-16(32)6-7-17(20(21)33)37-23(39)12-9-11(3-5-13(12)27)36-24(40)19-18(26(19,30)31)10-2-4-14(28)15(29)8-10/h2-9,18-19,22H,1H3,(H,36,40)(H,37,39)/t18-,19+/m0/s1. The van der Waals surface area contributed by atoms with E-state index in [2.05, 4.69) is 10.6 Å². The SMILES string of the molecule is CN(C(=O)C(F)F)c1c(F)ccc(NC(=O)c2cc(NC(=O)[C@H]3[C@H](c4ccc(Cl)c(Cl)c4)C3(Cl)Cl)ccc2Cl)c1F. The molecule has 2 atom stereocenters. The zero-order chi connectivity index (χ0) is 30.4. The van der Waals surface area contributed by atoms with Crippen molar-refractivity contribution < 1.29 is 31.9 Å². The molecule has 0 heterocycles. The van der Waals surface area contributed by atoms with E-state index >= 15 is 4.39 Å². The first-order valence-electron chi connectivity index (χ1n) is 11.4. The summed E-state index contributed by atoms with van der Waals surface area (Å²) < 4.78 is 53.4. The number of halogens is 9. The first-order valence-corrected chi connectivity index (χ1v) is 13.3. The van der Waals surface area contributed by atoms with Gasteiger partial charge in [0.05, 0.1) is 32.2 Å². The molecule has 0 aromatic heterocycles. The number of hydrogen-bond acceptors (Lipinski definition) is 3. The molecule has 3 aromatic rings. The van der Waals surface area contributed by atoms with Crippen LogP contribution in [0.2, 0.25) is 15.1 Å². The third kappa shape index (κ3) is 6.22. The van der Waals surface area contributed by atoms with Crippen LogP contribution in [0.5, 0.6) is 0 Å². The molecule has 41 heavy (non-hydrogen) atoms. The predicted molar refractivity (Wildman–Crippen MR) is 151 cm³/mol. The Balaban J connectivity index is 1.53. The highest BCUT2D eigenvalue weighted by molar-refractivity contribution is 6.53. The molecular weight excluding hydrogens is 656 g/mol. The molecule has 0 saturated heterocycles. The average molecular weight is 672 g/mol. The third-order valence-electron chi connectivity index (χ3n) is 6.29. The van der Waals surface area contributed by atoms with Crippen LogP contribution < -0.4 is 15.5 Å². The maximum atomic E-state index is 15.0. The van der Waals surface area contributed by atoms with E-state index in [9.17, 15) is 27.6 Å². The van der Waals surface area contributed by atoms with Gasteiger partial charge in [-0.05, 0) is 48.0 Å². The van der Waals surface area contributed by atoms with E-state index in [0.29, 0.717) is 16.7 Å². The molecule has 4 rings (SSSR count). The lowest BCUT2D eigenvalue weighted by atomic mass is 10.1. The number of anilines is 3. The van der Waals surface area contributed by atoms with E-state index in [1.165, 1.54) is 18.2 Å². The second-order valence-electron chi connectivity index (χ2n) is 8.90. The largest absolute Gasteiger partial charge is 0.326 e. The van der Waals surface area contributed by atoms with Gasteiger partial charge in [-0.25, -0.2) is 8.78 Å². The molecule has 0 radical (unpaired) electrons. The Hall–Kier alpha value is -2.76. The van der Waals surface area contributed by atoms with E-state index in [4.69, 9.17) is 58.0 Å². The quantitative estimate of drug-likeness (QED) is 0.198. The summed E-state index contributed by atoms with van der Waals surface area (Å²) in [6.07, 6.45) is -3.52. The molecule has 0 aliphatic heterocycles. The van der Waals surface area contributed by atoms with E-state index in [1.807, 2.05) is 0 Å². The molecule has 0 unspecified atom stereocenters. The Morgan fingerprint density at radius 3 is 2.20 bits per heavy atom. The number of rotatable bonds is 7. The van der Waals surface area contributed by atoms with Gasteiger partial charge in [-0.15, -0.1) is 23.2 Å². The van der Waals surface area contributed by atoms with E-state index < -0.39 is 63.3 Å². The maximum Gasteiger partial charge on any atom is 0.316 e. The minimum Gasteiger partial charge on any atom is -0.326 e. The van der Waals surface area contributed by atoms with Gasteiger partial charge in [0.1, 0.15) is 15.8 Å². The molecule has 0 bridgehead atoms. The number of alkyl halides is 4. The highest BCUT2D eigenvalue weighted by Gasteiger charge is 2.67. The van der Waals surface area contributed by atoms with Crippen molar-refractivity contribution in [2.45, 2.75) is 16.7 Å². The monoisotopic (exact) mass is 669 g/mol. The van der Waals surface area contributed by atoms with Crippen molar-refractivity contribution in [3.63, 3.8) is 0 Å². The van der Waals surface area contributed by atoms with Gasteiger partial charge in [-0.1, -0.05) is 40.9 Å². The summed E-state index contributed by atoms with van der Waals surface area (Å²) in [6.45, 7) is 0. The molecule has 3 aromatic carbocycles. The summed E-state index contributed by atoms with van der Waals surface area (Å²) in [6, 6.07) is 10.1. The van der Waals surface area contributed by atoms with Crippen molar-refractivity contribution in [1.82, 2.24) is 0 Å². The van der Waals surface area contributed by atoms with Gasteiger partial charge in [-0.2, -0.15) is 8.78 Å². The molecule has 2 N–H and O–H groups in total. The van der Waals surface area contributed by atoms with Crippen LogP contribution in [-0.2, 0) is 9.59 Å². The number of amides is 3. The van der Waals surface area contributed by atoms with E-state index in [-0.39, 0.29) is 26.2 Å². The lowest BCUT2D eigenvalue weighted by Crippen LogP contribution is -2.33. The van der Waals surface area contributed by atoms with Crippen molar-refractivity contribution in [2.75, 3.05) is 22.6 Å². The number of benzene rings is 3. The molecule has 1 aliphatic rings. The van der Waals surface area contributed by atoms with Crippen LogP contribution in [0.1, 0.15) is 21.8 Å². The highest BCUT2D eigenvalue weighted by Crippen LogP contribution is 2.65. The third-order valence-corrected chi connectivity index (χ3v) is 8.29. The van der Waals surface area contributed by atoms with E-state index in [1.54, 1.807) is 18.2 Å². The van der Waals surface area contributed by atoms with Gasteiger partial charge in [-0.3, -0.25) is 14.4 Å². The van der Waals surface area contributed by atoms with Gasteiger partial charge >= 0.3 is 6.43 Å². The molecule has 216 valence electrons. The van der Waals surface area contributed by atoms with Crippen molar-refractivity contribution in [3.8, 4) is 0 Å². The molecule has 3 amide bonds. The van der Waals surface area contributed by atoms with Crippen molar-refractivity contribution in [3.05, 3.63) is 86.4 Å². The van der Waals surface area contributed by atoms with Gasteiger partial charge in [0.15, 0.2) is 5.82 Å². The Kier molecular flexibility index (Phi) is 9.01. The number of nitrogens with zero attached hydrogens (tertiary/aromatic N) is 1. The number of nitrogens with one attached hydrogen (secondary N) is 2. The fraction of sp³-hybridized carbons (Fsp3) is 0.192. The molecule has 1 aliphatic carbocycles. The summed E-state index contributed by atoms with van der Waals surface area (Å²) in [7, 11) is 0.757. The topological polar surface area (TPSA) is 78.5 Å². The number of carbonyl (C=O) groups excluding carboxylic acids is 3. The fourth-order valence-corrected chi connectivity index (χ4v) is 5.50. The lowest BCUT2D eigenvalue weighted by Gasteiger charge is -2.20. The van der Waals surface area contributed by atoms with Crippen molar-refractivity contribution >= 4 is 92.8 Å². The lowest BCUT2D eigenvalue weighted by molar-refractivity contribution is -0.128. The Bertz CT molecular complexity index is 1570. The van der Waals surface area contributed by atoms with Crippen LogP contribution >= 0.6 is 58.0 Å². The predicted octanol–water partition coefficient (Wildman–Crippen LogP) is 7.93. The minimum atomic E-state index is -3.52. The molecule has 15 heteroatoms. The van der Waals surface area contributed by atoms with Crippen LogP contribution in [0.4, 0.5) is 34.6 Å². The van der Waals surface area contributed by atoms with Gasteiger partial charge < -0.3 is 15.5 Å². The Morgan fingerprint density at radius 2 is 1.56 bits per heavy atom. The summed E-state index contributed by atoms with van der Waals surface area (Å²) >= 11 is 30.9. The Labute approximate surface area is 255 Å². The normalized spacial score (nSPS) is 17.2. The molecule has 1 saturated carbocycles. The first kappa shape index (κ1) is 31.2. The molecular formula is C26H16Cl5F4N3O3. The number of hydrogen-bond donors (Lipinski definition) is 2. The van der Waals surface area contributed by atoms with Crippen molar-refractivity contribution in [1.29, 1.82) is 0 Å². The molecule has 6 nitrogen and oxygen atoms in total. The van der Waals surface area contributed by atoms with Gasteiger partial charge in [0.25, 0.3) is 11.8 Å². The summed E-state index contributed by atoms with van der Waals surface area (Å²) in [5.74, 6) is -7.72. The molecule has 0 spiro atoms. The highest BCUT2D eigenvalue weighted by atomic mass is 35.5. The first-order chi connectivity index (χ1) is 19.1. The average Bonchev–Trinajstić information content (AvgIpc) is 3.49. The second-order valence-corrected chi connectivity index (χ2v) is 11.6. The van der Waals surface area contributed by atoms with Gasteiger partial charge in [0, 0.05) is 18.7 Å². The summed E-state index contributed by atoms with van der Waals surface area (Å²) in [4.78, 5) is 37.6. The Morgan fingerprint density at radius 1 is 0.902 bits per heavy atom. The number of carbonyl (C=O) groups is 3. The van der Waals surface area contributed by atoms with Crippen LogP contribution in [0.25, 0.3) is 0 Å². The second kappa shape index (κ2) is 11.9. The summed E-state index contributed by atoms with van der Waals surface area (Å²) in [5, 5.41) is 5.21. The van der Waals surface area contributed by atoms with E-state index in [0.717, 1.165) is 13.1 Å². The zero-order valence-electron chi connectivity index (χ0n) is 20.4. The molecule has 1 fully saturated rings. The van der Waals surface area contributed by atoms with Crippen molar-refractivity contribution in [2.24, 2.45) is 5.92 Å². The van der Waals surface area contributed by atoms with Gasteiger partial charge in [0.2, 0.25) is 5.91 Å². The maximum absolute atomic E-state index is 15.0. The van der Waals surface area contributed by atoms with Crippen LogP contribution in [0.15, 0.2) is 48.5 Å². The smallest absolute Gasteiger partial charge is 0.316 e. The van der Waals surface area contributed by atoms with Crippen LogP contribution in [-0.4, -0.2) is 35.5 Å².